The number of carbonyl (C=O) groups is 1. The zero-order chi connectivity index (χ0) is 23.3. The number of rotatable bonds is 10. The average molecular weight is 448 g/mol. The fraction of sp³-hybridized carbons (Fsp3) is 0.583. The summed E-state index contributed by atoms with van der Waals surface area (Å²) in [5, 5.41) is 0.0826. The molecular weight excluding hydrogens is 410 g/mol. The molecule has 7 heteroatoms. The van der Waals surface area contributed by atoms with Crippen LogP contribution in [0.25, 0.3) is 0 Å². The minimum atomic E-state index is -3.63. The van der Waals surface area contributed by atoms with Crippen molar-refractivity contribution in [3.63, 3.8) is 0 Å². The molecule has 6 nitrogen and oxygen atoms in total. The molecule has 0 bridgehead atoms. The van der Waals surface area contributed by atoms with Crippen LogP contribution in [0.3, 0.4) is 0 Å². The van der Waals surface area contributed by atoms with Crippen molar-refractivity contribution in [1.29, 1.82) is 0 Å². The third kappa shape index (κ3) is 6.92. The van der Waals surface area contributed by atoms with Gasteiger partial charge in [-0.15, -0.1) is 0 Å². The Hall–Kier alpha value is -2.15. The molecule has 0 N–H and O–H groups in total. The van der Waals surface area contributed by atoms with Gasteiger partial charge in [0.1, 0.15) is 0 Å². The number of imidazole rings is 1. The number of nitrogens with zero attached hydrogens (tertiary/aromatic N) is 3. The number of hydrogen-bond donors (Lipinski definition) is 0. The number of benzene rings is 1. The third-order valence-corrected chi connectivity index (χ3v) is 6.51. The molecule has 1 amide bonds. The van der Waals surface area contributed by atoms with Crippen molar-refractivity contribution in [2.24, 2.45) is 17.8 Å². The highest BCUT2D eigenvalue weighted by atomic mass is 32.2. The van der Waals surface area contributed by atoms with Crippen LogP contribution in [-0.4, -0.2) is 35.3 Å². The summed E-state index contributed by atoms with van der Waals surface area (Å²) in [5.41, 5.74) is 2.53. The highest BCUT2D eigenvalue weighted by Gasteiger charge is 2.27. The summed E-state index contributed by atoms with van der Waals surface area (Å²) < 4.78 is 28.3. The van der Waals surface area contributed by atoms with E-state index in [-0.39, 0.29) is 28.7 Å². The van der Waals surface area contributed by atoms with Crippen molar-refractivity contribution in [1.82, 2.24) is 14.5 Å². The predicted molar refractivity (Wildman–Crippen MR) is 124 cm³/mol. The van der Waals surface area contributed by atoms with E-state index in [2.05, 4.69) is 18.8 Å². The zero-order valence-electron chi connectivity index (χ0n) is 19.9. The van der Waals surface area contributed by atoms with Gasteiger partial charge in [-0.2, -0.15) is 0 Å². The second-order valence-electron chi connectivity index (χ2n) is 9.55. The Kier molecular flexibility index (Phi) is 8.46. The second kappa shape index (κ2) is 10.4. The van der Waals surface area contributed by atoms with E-state index in [4.69, 9.17) is 0 Å². The maximum atomic E-state index is 13.3. The highest BCUT2D eigenvalue weighted by molar-refractivity contribution is 7.90. The van der Waals surface area contributed by atoms with Gasteiger partial charge in [0.15, 0.2) is 0 Å². The van der Waals surface area contributed by atoms with E-state index in [1.807, 2.05) is 63.8 Å². The summed E-state index contributed by atoms with van der Waals surface area (Å²) >= 11 is 0. The molecule has 0 spiro atoms. The van der Waals surface area contributed by atoms with Crippen LogP contribution in [0.2, 0.25) is 0 Å². The van der Waals surface area contributed by atoms with Crippen molar-refractivity contribution in [3.8, 4) is 0 Å². The molecule has 2 rings (SSSR count). The Morgan fingerprint density at radius 1 is 1.10 bits per heavy atom. The molecule has 0 atom stereocenters. The molecule has 31 heavy (non-hydrogen) atoms. The normalized spacial score (nSPS) is 12.2. The van der Waals surface area contributed by atoms with Crippen molar-refractivity contribution in [2.45, 2.75) is 72.5 Å². The molecule has 2 aromatic rings. The number of hydrogen-bond acceptors (Lipinski definition) is 4. The molecule has 1 heterocycles. The summed E-state index contributed by atoms with van der Waals surface area (Å²) in [6, 6.07) is 7.53. The molecule has 0 aliphatic heterocycles. The summed E-state index contributed by atoms with van der Waals surface area (Å²) in [5.74, 6) is 0.401. The van der Waals surface area contributed by atoms with Crippen LogP contribution in [0.5, 0.6) is 0 Å². The van der Waals surface area contributed by atoms with Crippen LogP contribution < -0.4 is 0 Å². The Balaban J connectivity index is 2.43. The second-order valence-corrected chi connectivity index (χ2v) is 11.4. The van der Waals surface area contributed by atoms with Crippen LogP contribution in [0.4, 0.5) is 0 Å². The summed E-state index contributed by atoms with van der Waals surface area (Å²) in [4.78, 5) is 18.9. The first-order valence-electron chi connectivity index (χ1n) is 11.0. The van der Waals surface area contributed by atoms with Gasteiger partial charge in [0.25, 0.3) is 0 Å². The molecule has 0 aliphatic rings. The Labute approximate surface area is 187 Å². The lowest BCUT2D eigenvalue weighted by atomic mass is 10.1. The molecule has 1 aromatic heterocycles. The first-order chi connectivity index (χ1) is 14.4. The van der Waals surface area contributed by atoms with Gasteiger partial charge >= 0.3 is 0 Å². The van der Waals surface area contributed by atoms with E-state index in [0.717, 1.165) is 16.8 Å². The molecule has 0 fully saturated rings. The molecule has 0 aliphatic carbocycles. The molecular formula is C24H37N3O3S. The minimum Gasteiger partial charge on any atom is -0.336 e. The molecule has 0 unspecified atom stereocenters. The Morgan fingerprint density at radius 2 is 1.77 bits per heavy atom. The van der Waals surface area contributed by atoms with Gasteiger partial charge in [-0.1, -0.05) is 71.4 Å². The van der Waals surface area contributed by atoms with E-state index in [1.165, 1.54) is 0 Å². The van der Waals surface area contributed by atoms with Gasteiger partial charge in [-0.25, -0.2) is 13.4 Å². The standard InChI is InChI=1S/C24H37N3O3S/c1-17(2)13-26(23(28)19(5)6)15-22-12-25-24(27(22)14-18(3)4)31(29,30)16-21-10-8-9-20(7)11-21/h8-12,17-19H,13-16H2,1-7H3. The molecule has 0 saturated carbocycles. The first-order valence-corrected chi connectivity index (χ1v) is 12.7. The number of amides is 1. The van der Waals surface area contributed by atoms with Crippen LogP contribution >= 0.6 is 0 Å². The number of carbonyl (C=O) groups excluding carboxylic acids is 1. The number of aromatic nitrogens is 2. The van der Waals surface area contributed by atoms with Gasteiger partial charge in [-0.05, 0) is 24.3 Å². The minimum absolute atomic E-state index is 0.0650. The summed E-state index contributed by atoms with van der Waals surface area (Å²) in [6.45, 7) is 15.5. The summed E-state index contributed by atoms with van der Waals surface area (Å²) in [6.07, 6.45) is 1.62. The SMILES string of the molecule is Cc1cccc(CS(=O)(=O)c2ncc(CN(CC(C)C)C(=O)C(C)C)n2CC(C)C)c1. The average Bonchev–Trinajstić information content (AvgIpc) is 3.02. The zero-order valence-corrected chi connectivity index (χ0v) is 20.7. The highest BCUT2D eigenvalue weighted by Crippen LogP contribution is 2.21. The number of aryl methyl sites for hydroxylation is 1. The molecule has 1 aromatic carbocycles. The monoisotopic (exact) mass is 447 g/mol. The van der Waals surface area contributed by atoms with E-state index in [0.29, 0.717) is 25.6 Å². The van der Waals surface area contributed by atoms with Crippen molar-refractivity contribution < 1.29 is 13.2 Å². The van der Waals surface area contributed by atoms with Crippen molar-refractivity contribution in [3.05, 3.63) is 47.3 Å². The fourth-order valence-electron chi connectivity index (χ4n) is 3.65. The Bertz CT molecular complexity index is 991. The predicted octanol–water partition coefficient (Wildman–Crippen LogP) is 4.46. The maximum Gasteiger partial charge on any atom is 0.228 e. The van der Waals surface area contributed by atoms with Gasteiger partial charge in [0.05, 0.1) is 24.2 Å². The van der Waals surface area contributed by atoms with Crippen LogP contribution in [-0.2, 0) is 33.5 Å². The lowest BCUT2D eigenvalue weighted by molar-refractivity contribution is -0.135. The van der Waals surface area contributed by atoms with Gasteiger partial charge in [0, 0.05) is 19.0 Å². The molecule has 0 radical (unpaired) electrons. The number of sulfone groups is 1. The van der Waals surface area contributed by atoms with E-state index in [9.17, 15) is 13.2 Å². The van der Waals surface area contributed by atoms with Crippen molar-refractivity contribution >= 4 is 15.7 Å². The quantitative estimate of drug-likeness (QED) is 0.539. The van der Waals surface area contributed by atoms with Gasteiger partial charge < -0.3 is 9.47 Å². The smallest absolute Gasteiger partial charge is 0.228 e. The topological polar surface area (TPSA) is 72.3 Å². The van der Waals surface area contributed by atoms with E-state index in [1.54, 1.807) is 10.8 Å². The van der Waals surface area contributed by atoms with Crippen LogP contribution in [0, 0.1) is 24.7 Å². The Morgan fingerprint density at radius 3 is 2.32 bits per heavy atom. The lowest BCUT2D eigenvalue weighted by Gasteiger charge is -2.27. The largest absolute Gasteiger partial charge is 0.336 e. The molecule has 0 saturated heterocycles. The van der Waals surface area contributed by atoms with Crippen LogP contribution in [0.15, 0.2) is 35.6 Å². The van der Waals surface area contributed by atoms with E-state index >= 15 is 0 Å². The van der Waals surface area contributed by atoms with Crippen molar-refractivity contribution in [2.75, 3.05) is 6.54 Å². The van der Waals surface area contributed by atoms with Crippen LogP contribution in [0.1, 0.15) is 58.4 Å². The summed E-state index contributed by atoms with van der Waals surface area (Å²) in [7, 11) is -3.63. The lowest BCUT2D eigenvalue weighted by Crippen LogP contribution is -2.37. The maximum absolute atomic E-state index is 13.3. The molecule has 172 valence electrons. The first kappa shape index (κ1) is 25.1. The van der Waals surface area contributed by atoms with Gasteiger partial charge in [0.2, 0.25) is 20.9 Å². The van der Waals surface area contributed by atoms with E-state index < -0.39 is 9.84 Å². The fourth-order valence-corrected chi connectivity index (χ4v) is 5.14. The third-order valence-electron chi connectivity index (χ3n) is 4.91. The van der Waals surface area contributed by atoms with Gasteiger partial charge in [-0.3, -0.25) is 4.79 Å².